The predicted octanol–water partition coefficient (Wildman–Crippen LogP) is 2.89. The summed E-state index contributed by atoms with van der Waals surface area (Å²) in [5.74, 6) is 0. The molecule has 0 radical (unpaired) electrons. The summed E-state index contributed by atoms with van der Waals surface area (Å²) in [6.07, 6.45) is 1.41. The Kier molecular flexibility index (Phi) is 3.38. The molecule has 3 nitrogen and oxygen atoms in total. The summed E-state index contributed by atoms with van der Waals surface area (Å²) in [4.78, 5) is 0. The second kappa shape index (κ2) is 4.60. The van der Waals surface area contributed by atoms with Crippen molar-refractivity contribution in [2.24, 2.45) is 0 Å². The molecule has 15 heavy (non-hydrogen) atoms. The molecule has 0 amide bonds. The number of nitrogens with one attached hydrogen (secondary N) is 1. The fourth-order valence-corrected chi connectivity index (χ4v) is 2.21. The summed E-state index contributed by atoms with van der Waals surface area (Å²) in [5.41, 5.74) is 7.28. The number of nitrogen functional groups attached to an aromatic ring is 1. The first-order valence-electron chi connectivity index (χ1n) is 4.77. The molecule has 1 aromatic carbocycles. The molecular weight excluding hydrogens is 279 g/mol. The highest BCUT2D eigenvalue weighted by atomic mass is 79.9. The number of hydrogen-bond donors (Lipinski definition) is 2. The molecule has 2 rings (SSSR count). The van der Waals surface area contributed by atoms with Gasteiger partial charge in [0, 0.05) is 17.6 Å². The summed E-state index contributed by atoms with van der Waals surface area (Å²) in [6.45, 7) is 1.64. The van der Waals surface area contributed by atoms with Crippen molar-refractivity contribution >= 4 is 38.9 Å². The highest BCUT2D eigenvalue weighted by molar-refractivity contribution is 9.10. The number of ether oxygens (including phenoxy) is 1. The Morgan fingerprint density at radius 3 is 2.93 bits per heavy atom. The van der Waals surface area contributed by atoms with Crippen molar-refractivity contribution < 1.29 is 4.74 Å². The van der Waals surface area contributed by atoms with Crippen molar-refractivity contribution in [3.63, 3.8) is 0 Å². The molecule has 82 valence electrons. The van der Waals surface area contributed by atoms with Crippen LogP contribution in [0.25, 0.3) is 0 Å². The molecule has 3 N–H and O–H groups in total. The van der Waals surface area contributed by atoms with E-state index in [0.29, 0.717) is 16.8 Å². The maximum Gasteiger partial charge on any atom is 0.0769 e. The molecule has 1 aliphatic rings. The Bertz CT molecular complexity index is 369. The molecule has 1 saturated heterocycles. The van der Waals surface area contributed by atoms with Gasteiger partial charge in [0.2, 0.25) is 0 Å². The summed E-state index contributed by atoms with van der Waals surface area (Å²) in [6, 6.07) is 3.70. The molecule has 1 aliphatic heterocycles. The van der Waals surface area contributed by atoms with Crippen molar-refractivity contribution in [2.75, 3.05) is 24.2 Å². The lowest BCUT2D eigenvalue weighted by Gasteiger charge is -2.27. The van der Waals surface area contributed by atoms with Crippen LogP contribution in [0.15, 0.2) is 16.6 Å². The number of nitrogens with two attached hydrogens (primary N) is 1. The van der Waals surface area contributed by atoms with E-state index in [4.69, 9.17) is 22.1 Å². The van der Waals surface area contributed by atoms with Gasteiger partial charge in [-0.05, 0) is 18.6 Å². The first-order chi connectivity index (χ1) is 7.16. The van der Waals surface area contributed by atoms with E-state index < -0.39 is 0 Å². The molecule has 0 saturated carbocycles. The molecule has 1 heterocycles. The normalized spacial score (nSPS) is 19.7. The predicted molar refractivity (Wildman–Crippen MR) is 66.4 cm³/mol. The molecule has 5 heteroatoms. The number of hydrogen-bond acceptors (Lipinski definition) is 3. The first-order valence-corrected chi connectivity index (χ1v) is 5.94. The van der Waals surface area contributed by atoms with Crippen LogP contribution >= 0.6 is 27.5 Å². The van der Waals surface area contributed by atoms with Crippen molar-refractivity contribution in [2.45, 2.75) is 12.5 Å². The summed E-state index contributed by atoms with van der Waals surface area (Å²) < 4.78 is 6.22. The molecule has 0 aromatic heterocycles. The van der Waals surface area contributed by atoms with Crippen molar-refractivity contribution in [1.29, 1.82) is 0 Å². The lowest BCUT2D eigenvalue weighted by molar-refractivity contribution is -0.0410. The van der Waals surface area contributed by atoms with Gasteiger partial charge in [0.1, 0.15) is 0 Å². The van der Waals surface area contributed by atoms with E-state index in [-0.39, 0.29) is 0 Å². The Morgan fingerprint density at radius 1 is 1.60 bits per heavy atom. The van der Waals surface area contributed by atoms with Gasteiger partial charge in [-0.25, -0.2) is 0 Å². The Hall–Kier alpha value is -0.450. The standard InChI is InChI=1S/C10H12BrClN2O/c11-6-3-8(12)10(13)9(4-6)14-5-7-1-2-15-7/h3-4,7,14H,1-2,5,13H2/t7-/m0/s1. The van der Waals surface area contributed by atoms with Gasteiger partial charge in [-0.2, -0.15) is 0 Å². The number of halogens is 2. The third-order valence-corrected chi connectivity index (χ3v) is 3.18. The summed E-state index contributed by atoms with van der Waals surface area (Å²) in [7, 11) is 0. The zero-order valence-electron chi connectivity index (χ0n) is 8.09. The van der Waals surface area contributed by atoms with Crippen molar-refractivity contribution in [1.82, 2.24) is 0 Å². The van der Waals surface area contributed by atoms with Crippen molar-refractivity contribution in [3.8, 4) is 0 Å². The maximum atomic E-state index is 5.96. The van der Waals surface area contributed by atoms with Crippen LogP contribution in [0.5, 0.6) is 0 Å². The zero-order valence-corrected chi connectivity index (χ0v) is 10.4. The van der Waals surface area contributed by atoms with E-state index in [1.165, 1.54) is 0 Å². The average Bonchev–Trinajstić information content (AvgIpc) is 2.10. The third kappa shape index (κ3) is 2.56. The topological polar surface area (TPSA) is 47.3 Å². The van der Waals surface area contributed by atoms with E-state index in [1.54, 1.807) is 6.07 Å². The van der Waals surface area contributed by atoms with Crippen LogP contribution in [0, 0.1) is 0 Å². The van der Waals surface area contributed by atoms with Crippen LogP contribution in [-0.2, 0) is 4.74 Å². The molecule has 0 unspecified atom stereocenters. The molecule has 1 atom stereocenters. The Balaban J connectivity index is 2.05. The second-order valence-corrected chi connectivity index (χ2v) is 4.83. The van der Waals surface area contributed by atoms with Gasteiger partial charge < -0.3 is 15.8 Å². The van der Waals surface area contributed by atoms with E-state index in [0.717, 1.165) is 29.7 Å². The second-order valence-electron chi connectivity index (χ2n) is 3.51. The van der Waals surface area contributed by atoms with Crippen LogP contribution in [0.3, 0.4) is 0 Å². The van der Waals surface area contributed by atoms with Gasteiger partial charge in [0.25, 0.3) is 0 Å². The maximum absolute atomic E-state index is 5.96. The van der Waals surface area contributed by atoms with Gasteiger partial charge in [0.05, 0.1) is 22.5 Å². The van der Waals surface area contributed by atoms with Gasteiger partial charge in [-0.1, -0.05) is 27.5 Å². The zero-order chi connectivity index (χ0) is 10.8. The van der Waals surface area contributed by atoms with Gasteiger partial charge >= 0.3 is 0 Å². The van der Waals surface area contributed by atoms with Crippen LogP contribution in [0.4, 0.5) is 11.4 Å². The number of benzene rings is 1. The van der Waals surface area contributed by atoms with Gasteiger partial charge in [-0.15, -0.1) is 0 Å². The monoisotopic (exact) mass is 290 g/mol. The molecule has 0 aliphatic carbocycles. The highest BCUT2D eigenvalue weighted by Gasteiger charge is 2.18. The minimum atomic E-state index is 0.308. The van der Waals surface area contributed by atoms with Gasteiger partial charge in [0.15, 0.2) is 0 Å². The SMILES string of the molecule is Nc1c(Cl)cc(Br)cc1NC[C@@H]1CCO1. The molecule has 1 aromatic rings. The number of anilines is 2. The van der Waals surface area contributed by atoms with E-state index in [1.807, 2.05) is 6.07 Å². The van der Waals surface area contributed by atoms with E-state index in [9.17, 15) is 0 Å². The quantitative estimate of drug-likeness (QED) is 0.842. The minimum absolute atomic E-state index is 0.308. The molecular formula is C10H12BrClN2O. The largest absolute Gasteiger partial charge is 0.396 e. The molecule has 1 fully saturated rings. The number of rotatable bonds is 3. The van der Waals surface area contributed by atoms with Crippen LogP contribution in [0.1, 0.15) is 6.42 Å². The highest BCUT2D eigenvalue weighted by Crippen LogP contribution is 2.31. The summed E-state index contributed by atoms with van der Waals surface area (Å²) in [5, 5.41) is 3.79. The lowest BCUT2D eigenvalue weighted by Crippen LogP contribution is -2.33. The fraction of sp³-hybridized carbons (Fsp3) is 0.400. The van der Waals surface area contributed by atoms with Crippen LogP contribution in [0.2, 0.25) is 5.02 Å². The minimum Gasteiger partial charge on any atom is -0.396 e. The average molecular weight is 292 g/mol. The molecule has 0 spiro atoms. The van der Waals surface area contributed by atoms with E-state index >= 15 is 0 Å². The van der Waals surface area contributed by atoms with Crippen molar-refractivity contribution in [3.05, 3.63) is 21.6 Å². The fourth-order valence-electron chi connectivity index (χ4n) is 1.40. The Labute approximate surface area is 102 Å². The van der Waals surface area contributed by atoms with Gasteiger partial charge in [-0.3, -0.25) is 0 Å². The third-order valence-electron chi connectivity index (χ3n) is 2.41. The lowest BCUT2D eigenvalue weighted by atomic mass is 10.2. The van der Waals surface area contributed by atoms with Crippen LogP contribution in [-0.4, -0.2) is 19.3 Å². The first kappa shape index (κ1) is 11.0. The smallest absolute Gasteiger partial charge is 0.0769 e. The Morgan fingerprint density at radius 2 is 2.33 bits per heavy atom. The molecule has 0 bridgehead atoms. The summed E-state index contributed by atoms with van der Waals surface area (Å²) >= 11 is 9.33. The van der Waals surface area contributed by atoms with Crippen LogP contribution < -0.4 is 11.1 Å². The van der Waals surface area contributed by atoms with E-state index in [2.05, 4.69) is 21.2 Å².